The number of hydrogen-bond donors (Lipinski definition) is 0. The first kappa shape index (κ1) is 15.0. The third-order valence-electron chi connectivity index (χ3n) is 3.27. The summed E-state index contributed by atoms with van der Waals surface area (Å²) in [7, 11) is -3.87. The Morgan fingerprint density at radius 1 is 1.18 bits per heavy atom. The second-order valence-electron chi connectivity index (χ2n) is 4.94. The van der Waals surface area contributed by atoms with E-state index in [1.54, 1.807) is 6.07 Å². The molecule has 3 rings (SSSR count). The molecule has 6 nitrogen and oxygen atoms in total. The van der Waals surface area contributed by atoms with Crippen molar-refractivity contribution in [1.82, 2.24) is 9.29 Å². The number of nitrogens with zero attached hydrogens (tertiary/aromatic N) is 2. The number of carbonyl (C=O) groups is 2. The summed E-state index contributed by atoms with van der Waals surface area (Å²) in [6.07, 6.45) is 1.06. The molecular weight excluding hydrogens is 324 g/mol. The van der Waals surface area contributed by atoms with Crippen LogP contribution in [0, 0.1) is 0 Å². The van der Waals surface area contributed by atoms with Crippen LogP contribution in [0.2, 0.25) is 0 Å². The Labute approximate surface area is 131 Å². The second-order valence-corrected chi connectivity index (χ2v) is 7.92. The third kappa shape index (κ3) is 2.71. The summed E-state index contributed by atoms with van der Waals surface area (Å²) in [4.78, 5) is 28.3. The van der Waals surface area contributed by atoms with Crippen LogP contribution in [0.1, 0.15) is 5.69 Å². The van der Waals surface area contributed by atoms with Crippen LogP contribution < -0.4 is 0 Å². The van der Waals surface area contributed by atoms with E-state index >= 15 is 0 Å². The van der Waals surface area contributed by atoms with Crippen molar-refractivity contribution in [3.8, 4) is 0 Å². The third-order valence-corrected chi connectivity index (χ3v) is 5.43. The number of thioether (sulfide) groups is 1. The van der Waals surface area contributed by atoms with E-state index in [-0.39, 0.29) is 6.42 Å². The number of rotatable bonds is 3. The number of para-hydroxylation sites is 1. The molecule has 0 spiro atoms. The smallest absolute Gasteiger partial charge is 0.272 e. The van der Waals surface area contributed by atoms with Crippen LogP contribution in [0.15, 0.2) is 36.4 Å². The van der Waals surface area contributed by atoms with E-state index in [9.17, 15) is 18.0 Å². The van der Waals surface area contributed by atoms with Crippen LogP contribution in [-0.4, -0.2) is 40.4 Å². The fourth-order valence-electron chi connectivity index (χ4n) is 2.28. The van der Waals surface area contributed by atoms with Crippen molar-refractivity contribution < 1.29 is 18.0 Å². The molecule has 0 bridgehead atoms. The van der Waals surface area contributed by atoms with E-state index < -0.39 is 26.4 Å². The molecule has 1 atom stereocenters. The fraction of sp³-hybridized carbons (Fsp3) is 0.214. The summed E-state index contributed by atoms with van der Waals surface area (Å²) in [5, 5.41) is -0.528. The number of hydrogen-bond acceptors (Lipinski definition) is 6. The lowest BCUT2D eigenvalue weighted by molar-refractivity contribution is -0.123. The molecule has 1 fully saturated rings. The van der Waals surface area contributed by atoms with Crippen molar-refractivity contribution in [3.63, 3.8) is 0 Å². The predicted molar refractivity (Wildman–Crippen MR) is 83.9 cm³/mol. The molecule has 0 radical (unpaired) electrons. The Hall–Kier alpha value is -1.93. The van der Waals surface area contributed by atoms with Crippen molar-refractivity contribution in [1.29, 1.82) is 0 Å². The minimum Gasteiger partial charge on any atom is -0.272 e. The SMILES string of the molecule is CS(=O)(=O)N1C(=O)SC(Cc2ccc3ccccc3n2)C1=O. The summed E-state index contributed by atoms with van der Waals surface area (Å²) in [6, 6.07) is 11.2. The summed E-state index contributed by atoms with van der Waals surface area (Å²) in [6.45, 7) is 0. The molecule has 0 N–H and O–H groups in total. The zero-order chi connectivity index (χ0) is 15.9. The highest BCUT2D eigenvalue weighted by molar-refractivity contribution is 8.16. The molecule has 2 aromatic rings. The Balaban J connectivity index is 1.86. The molecule has 1 aliphatic rings. The first-order valence-electron chi connectivity index (χ1n) is 6.46. The van der Waals surface area contributed by atoms with Gasteiger partial charge in [-0.25, -0.2) is 8.42 Å². The molecule has 0 aliphatic carbocycles. The highest BCUT2D eigenvalue weighted by atomic mass is 32.2. The number of benzene rings is 1. The molecule has 0 saturated carbocycles. The number of aromatic nitrogens is 1. The molecule has 1 saturated heterocycles. The molecule has 22 heavy (non-hydrogen) atoms. The van der Waals surface area contributed by atoms with Crippen molar-refractivity contribution in [2.24, 2.45) is 0 Å². The Kier molecular flexibility index (Phi) is 3.65. The number of fused-ring (bicyclic) bond motifs is 1. The average molecular weight is 336 g/mol. The fourth-order valence-corrected chi connectivity index (χ4v) is 4.50. The molecule has 1 aromatic carbocycles. The molecule has 8 heteroatoms. The second kappa shape index (κ2) is 5.36. The largest absolute Gasteiger partial charge is 0.303 e. The van der Waals surface area contributed by atoms with Crippen LogP contribution in [0.4, 0.5) is 4.79 Å². The van der Waals surface area contributed by atoms with Gasteiger partial charge in [0.05, 0.1) is 11.8 Å². The predicted octanol–water partition coefficient (Wildman–Crippen LogP) is 1.80. The van der Waals surface area contributed by atoms with Gasteiger partial charge in [0, 0.05) is 17.5 Å². The number of carbonyl (C=O) groups excluding carboxylic acids is 2. The van der Waals surface area contributed by atoms with Gasteiger partial charge in [0.1, 0.15) is 5.25 Å². The molecule has 1 aromatic heterocycles. The maximum atomic E-state index is 12.1. The summed E-state index contributed by atoms with van der Waals surface area (Å²) in [5.41, 5.74) is 1.44. The van der Waals surface area contributed by atoms with E-state index in [4.69, 9.17) is 0 Å². The van der Waals surface area contributed by atoms with E-state index in [0.717, 1.165) is 28.9 Å². The molecule has 1 unspecified atom stereocenters. The van der Waals surface area contributed by atoms with E-state index in [2.05, 4.69) is 4.98 Å². The van der Waals surface area contributed by atoms with Crippen molar-refractivity contribution in [2.75, 3.05) is 6.26 Å². The van der Waals surface area contributed by atoms with Gasteiger partial charge >= 0.3 is 5.24 Å². The maximum absolute atomic E-state index is 12.1. The van der Waals surface area contributed by atoms with E-state index in [0.29, 0.717) is 10.00 Å². The number of sulfonamides is 1. The Morgan fingerprint density at radius 3 is 2.59 bits per heavy atom. The lowest BCUT2D eigenvalue weighted by Crippen LogP contribution is -2.36. The summed E-state index contributed by atoms with van der Waals surface area (Å²) >= 11 is 0.727. The molecule has 114 valence electrons. The first-order chi connectivity index (χ1) is 10.4. The quantitative estimate of drug-likeness (QED) is 0.850. The van der Waals surface area contributed by atoms with Gasteiger partial charge in [0.2, 0.25) is 10.0 Å². The zero-order valence-electron chi connectivity index (χ0n) is 11.6. The van der Waals surface area contributed by atoms with Gasteiger partial charge in [-0.2, -0.15) is 4.31 Å². The molecular formula is C14H12N2O4S2. The van der Waals surface area contributed by atoms with Crippen LogP contribution >= 0.6 is 11.8 Å². The van der Waals surface area contributed by atoms with E-state index in [1.165, 1.54) is 0 Å². The van der Waals surface area contributed by atoms with Gasteiger partial charge in [-0.1, -0.05) is 24.3 Å². The van der Waals surface area contributed by atoms with E-state index in [1.807, 2.05) is 30.3 Å². The number of amides is 2. The van der Waals surface area contributed by atoms with Crippen molar-refractivity contribution in [3.05, 3.63) is 42.1 Å². The topological polar surface area (TPSA) is 84.4 Å². The lowest BCUT2D eigenvalue weighted by Gasteiger charge is -2.10. The van der Waals surface area contributed by atoms with Crippen LogP contribution in [0.25, 0.3) is 10.9 Å². The normalized spacial score (nSPS) is 19.1. The monoisotopic (exact) mass is 336 g/mol. The Bertz CT molecular complexity index is 879. The minimum atomic E-state index is -3.87. The minimum absolute atomic E-state index is 0.214. The van der Waals surface area contributed by atoms with Crippen LogP contribution in [0.5, 0.6) is 0 Å². The van der Waals surface area contributed by atoms with Crippen LogP contribution in [0.3, 0.4) is 0 Å². The van der Waals surface area contributed by atoms with Crippen molar-refractivity contribution >= 4 is 43.8 Å². The highest BCUT2D eigenvalue weighted by Gasteiger charge is 2.44. The van der Waals surface area contributed by atoms with Gasteiger partial charge < -0.3 is 0 Å². The number of imide groups is 1. The van der Waals surface area contributed by atoms with Gasteiger partial charge in [-0.3, -0.25) is 14.6 Å². The Morgan fingerprint density at radius 2 is 1.91 bits per heavy atom. The maximum Gasteiger partial charge on any atom is 0.303 e. The average Bonchev–Trinajstić information content (AvgIpc) is 2.73. The van der Waals surface area contributed by atoms with Gasteiger partial charge in [-0.15, -0.1) is 0 Å². The highest BCUT2D eigenvalue weighted by Crippen LogP contribution is 2.31. The lowest BCUT2D eigenvalue weighted by atomic mass is 10.1. The number of pyridine rings is 1. The molecule has 2 amide bonds. The van der Waals surface area contributed by atoms with Gasteiger partial charge in [0.25, 0.3) is 5.91 Å². The summed E-state index contributed by atoms with van der Waals surface area (Å²) < 4.78 is 23.3. The van der Waals surface area contributed by atoms with Crippen molar-refractivity contribution in [2.45, 2.75) is 11.7 Å². The van der Waals surface area contributed by atoms with Crippen LogP contribution in [-0.2, 0) is 21.2 Å². The zero-order valence-corrected chi connectivity index (χ0v) is 13.2. The van der Waals surface area contributed by atoms with Gasteiger partial charge in [-0.05, 0) is 23.9 Å². The first-order valence-corrected chi connectivity index (χ1v) is 9.18. The molecule has 2 heterocycles. The summed E-state index contributed by atoms with van der Waals surface area (Å²) in [5.74, 6) is -0.701. The van der Waals surface area contributed by atoms with Gasteiger partial charge in [0.15, 0.2) is 0 Å². The standard InChI is InChI=1S/C14H12N2O4S2/c1-22(19,20)16-13(17)12(21-14(16)18)8-10-7-6-9-4-2-3-5-11(9)15-10/h2-7,12H,8H2,1H3. The molecule has 1 aliphatic heterocycles.